The van der Waals surface area contributed by atoms with Crippen LogP contribution in [-0.4, -0.2) is 0 Å². The maximum Gasteiger partial charge on any atom is 0.159 e. The molecule has 1 heterocycles. The molecule has 8 aromatic carbocycles. The van der Waals surface area contributed by atoms with Gasteiger partial charge in [0.25, 0.3) is 0 Å². The molecule has 0 N–H and O–H groups in total. The number of para-hydroxylation sites is 2. The Bertz CT molecular complexity index is 2900. The number of rotatable bonds is 5. The Labute approximate surface area is 322 Å². The van der Waals surface area contributed by atoms with Gasteiger partial charge in [-0.3, -0.25) is 0 Å². The summed E-state index contributed by atoms with van der Waals surface area (Å²) in [5.41, 5.74) is 17.7. The van der Waals surface area contributed by atoms with Crippen molar-refractivity contribution in [2.45, 2.75) is 31.1 Å². The highest BCUT2D eigenvalue weighted by Gasteiger charge is 2.42. The van der Waals surface area contributed by atoms with Gasteiger partial charge in [-0.2, -0.15) is 0 Å². The highest BCUT2D eigenvalue weighted by atomic mass is 16.3. The standard InChI is InChI=1S/C53H39NO/c1-52(2)46-24-12-9-21-42(46)43-31-29-39(33-48(43)52)54(49-26-15-23-45-44-22-11-14-27-50(44)55-51(45)49)38-28-30-40-35(32-38)34-53(36-16-5-3-6-17-36,37-18-7-4-8-19-37)47-25-13-10-20-41(40)47/h3-33H,34H2,1-2H3. The van der Waals surface area contributed by atoms with Crippen LogP contribution in [0.1, 0.15) is 47.2 Å². The monoisotopic (exact) mass is 705 g/mol. The summed E-state index contributed by atoms with van der Waals surface area (Å²) < 4.78 is 6.76. The van der Waals surface area contributed by atoms with Crippen molar-refractivity contribution < 1.29 is 4.42 Å². The van der Waals surface area contributed by atoms with Crippen molar-refractivity contribution in [3.63, 3.8) is 0 Å². The summed E-state index contributed by atoms with van der Waals surface area (Å²) in [7, 11) is 0. The summed E-state index contributed by atoms with van der Waals surface area (Å²) >= 11 is 0. The molecule has 0 spiro atoms. The van der Waals surface area contributed by atoms with Gasteiger partial charge in [0.05, 0.1) is 5.69 Å². The molecule has 0 amide bonds. The van der Waals surface area contributed by atoms with Crippen molar-refractivity contribution in [3.8, 4) is 22.3 Å². The maximum absolute atomic E-state index is 6.76. The van der Waals surface area contributed by atoms with Crippen LogP contribution in [0.2, 0.25) is 0 Å². The van der Waals surface area contributed by atoms with Crippen molar-refractivity contribution in [1.82, 2.24) is 0 Å². The maximum atomic E-state index is 6.76. The fourth-order valence-corrected chi connectivity index (χ4v) is 9.89. The van der Waals surface area contributed by atoms with Gasteiger partial charge in [-0.15, -0.1) is 0 Å². The summed E-state index contributed by atoms with van der Waals surface area (Å²) in [5, 5.41) is 2.24. The average Bonchev–Trinajstić information content (AvgIpc) is 3.73. The summed E-state index contributed by atoms with van der Waals surface area (Å²) in [6.07, 6.45) is 0.830. The molecule has 0 aliphatic heterocycles. The van der Waals surface area contributed by atoms with Gasteiger partial charge in [-0.05, 0) is 98.5 Å². The lowest BCUT2D eigenvalue weighted by Crippen LogP contribution is -2.35. The molecular weight excluding hydrogens is 667 g/mol. The van der Waals surface area contributed by atoms with Gasteiger partial charge in [-0.1, -0.05) is 166 Å². The summed E-state index contributed by atoms with van der Waals surface area (Å²) in [6.45, 7) is 4.71. The smallest absolute Gasteiger partial charge is 0.159 e. The highest BCUT2D eigenvalue weighted by Crippen LogP contribution is 2.54. The zero-order chi connectivity index (χ0) is 36.7. The summed E-state index contributed by atoms with van der Waals surface area (Å²) in [5.74, 6) is 0. The second kappa shape index (κ2) is 11.9. The molecule has 2 aliphatic carbocycles. The Morgan fingerprint density at radius 1 is 0.455 bits per heavy atom. The van der Waals surface area contributed by atoms with Crippen molar-refractivity contribution in [2.24, 2.45) is 0 Å². The molecule has 0 bridgehead atoms. The third-order valence-electron chi connectivity index (χ3n) is 12.5. The minimum Gasteiger partial charge on any atom is -0.454 e. The van der Waals surface area contributed by atoms with Crippen LogP contribution in [-0.2, 0) is 17.3 Å². The van der Waals surface area contributed by atoms with Crippen LogP contribution in [0.5, 0.6) is 0 Å². The molecule has 0 radical (unpaired) electrons. The molecule has 0 saturated heterocycles. The Morgan fingerprint density at radius 2 is 1.02 bits per heavy atom. The predicted octanol–water partition coefficient (Wildman–Crippen LogP) is 13.9. The largest absolute Gasteiger partial charge is 0.454 e. The predicted molar refractivity (Wildman–Crippen MR) is 228 cm³/mol. The van der Waals surface area contributed by atoms with E-state index < -0.39 is 0 Å². The van der Waals surface area contributed by atoms with Gasteiger partial charge in [0.2, 0.25) is 0 Å². The molecular formula is C53H39NO. The van der Waals surface area contributed by atoms with Crippen molar-refractivity contribution >= 4 is 39.0 Å². The Balaban J connectivity index is 1.16. The number of hydrogen-bond acceptors (Lipinski definition) is 2. The molecule has 55 heavy (non-hydrogen) atoms. The number of fused-ring (bicyclic) bond motifs is 9. The fourth-order valence-electron chi connectivity index (χ4n) is 9.89. The van der Waals surface area contributed by atoms with E-state index in [1.807, 2.05) is 0 Å². The summed E-state index contributed by atoms with van der Waals surface area (Å²) in [4.78, 5) is 2.43. The summed E-state index contributed by atoms with van der Waals surface area (Å²) in [6, 6.07) is 69.2. The third kappa shape index (κ3) is 4.61. The van der Waals surface area contributed by atoms with Gasteiger partial charge >= 0.3 is 0 Å². The Kier molecular flexibility index (Phi) is 6.91. The second-order valence-electron chi connectivity index (χ2n) is 15.7. The molecule has 2 nitrogen and oxygen atoms in total. The van der Waals surface area contributed by atoms with Crippen molar-refractivity contribution in [3.05, 3.63) is 221 Å². The molecule has 2 heteroatoms. The molecule has 0 saturated carbocycles. The van der Waals surface area contributed by atoms with Crippen LogP contribution in [0.15, 0.2) is 192 Å². The topological polar surface area (TPSA) is 16.4 Å². The molecule has 0 unspecified atom stereocenters. The van der Waals surface area contributed by atoms with Crippen LogP contribution in [0.25, 0.3) is 44.2 Å². The van der Waals surface area contributed by atoms with Gasteiger partial charge in [0, 0.05) is 33.0 Å². The SMILES string of the molecule is CC1(C)c2ccccc2-c2ccc(N(c3ccc4c(c3)CC(c3ccccc3)(c3ccccc3)c3ccccc3-4)c3cccc4c3oc3ccccc34)cc21. The average molecular weight is 706 g/mol. The lowest BCUT2D eigenvalue weighted by atomic mass is 9.61. The molecule has 0 atom stereocenters. The van der Waals surface area contributed by atoms with E-state index in [1.54, 1.807) is 0 Å². The van der Waals surface area contributed by atoms with Crippen LogP contribution >= 0.6 is 0 Å². The fraction of sp³-hybridized carbons (Fsp3) is 0.0943. The van der Waals surface area contributed by atoms with E-state index in [2.05, 4.69) is 207 Å². The van der Waals surface area contributed by atoms with Crippen molar-refractivity contribution in [1.29, 1.82) is 0 Å². The molecule has 9 aromatic rings. The second-order valence-corrected chi connectivity index (χ2v) is 15.7. The van der Waals surface area contributed by atoms with E-state index in [4.69, 9.17) is 4.42 Å². The van der Waals surface area contributed by atoms with Crippen LogP contribution in [0, 0.1) is 0 Å². The molecule has 2 aliphatic rings. The van der Waals surface area contributed by atoms with E-state index in [0.717, 1.165) is 45.4 Å². The van der Waals surface area contributed by atoms with Crippen LogP contribution < -0.4 is 4.90 Å². The van der Waals surface area contributed by atoms with E-state index in [1.165, 1.54) is 55.6 Å². The normalized spacial score (nSPS) is 14.6. The number of benzene rings is 8. The van der Waals surface area contributed by atoms with E-state index >= 15 is 0 Å². The number of furan rings is 1. The van der Waals surface area contributed by atoms with Crippen LogP contribution in [0.4, 0.5) is 17.1 Å². The first-order chi connectivity index (χ1) is 27.0. The lowest BCUT2D eigenvalue weighted by molar-refractivity contribution is 0.606. The van der Waals surface area contributed by atoms with Gasteiger partial charge in [0.1, 0.15) is 5.58 Å². The van der Waals surface area contributed by atoms with E-state index in [0.29, 0.717) is 0 Å². The minimum atomic E-state index is -0.363. The molecule has 0 fully saturated rings. The van der Waals surface area contributed by atoms with E-state index in [-0.39, 0.29) is 10.8 Å². The van der Waals surface area contributed by atoms with Gasteiger partial charge < -0.3 is 9.32 Å². The van der Waals surface area contributed by atoms with E-state index in [9.17, 15) is 0 Å². The number of hydrogen-bond donors (Lipinski definition) is 0. The Hall–Kier alpha value is -6.64. The minimum absolute atomic E-state index is 0.135. The van der Waals surface area contributed by atoms with Crippen molar-refractivity contribution in [2.75, 3.05) is 4.90 Å². The highest BCUT2D eigenvalue weighted by molar-refractivity contribution is 6.10. The zero-order valence-corrected chi connectivity index (χ0v) is 31.0. The first-order valence-corrected chi connectivity index (χ1v) is 19.3. The lowest BCUT2D eigenvalue weighted by Gasteiger charge is -2.42. The molecule has 1 aromatic heterocycles. The Morgan fingerprint density at radius 3 is 1.76 bits per heavy atom. The molecule has 262 valence electrons. The zero-order valence-electron chi connectivity index (χ0n) is 31.0. The number of anilines is 3. The first-order valence-electron chi connectivity index (χ1n) is 19.3. The first kappa shape index (κ1) is 31.8. The molecule has 11 rings (SSSR count). The van der Waals surface area contributed by atoms with Gasteiger partial charge in [-0.25, -0.2) is 0 Å². The third-order valence-corrected chi connectivity index (χ3v) is 12.5. The van der Waals surface area contributed by atoms with Crippen LogP contribution in [0.3, 0.4) is 0 Å². The number of nitrogens with zero attached hydrogens (tertiary/aromatic N) is 1. The quantitative estimate of drug-likeness (QED) is 0.177. The van der Waals surface area contributed by atoms with Gasteiger partial charge in [0.15, 0.2) is 5.58 Å².